The smallest absolute Gasteiger partial charge is 0.319 e. The van der Waals surface area contributed by atoms with Crippen LogP contribution in [0.5, 0.6) is 0 Å². The lowest BCUT2D eigenvalue weighted by molar-refractivity contribution is 0.252. The summed E-state index contributed by atoms with van der Waals surface area (Å²) in [5, 5.41) is 6.37. The van der Waals surface area contributed by atoms with Crippen LogP contribution < -0.4 is 10.6 Å². The van der Waals surface area contributed by atoms with Crippen molar-refractivity contribution in [2.24, 2.45) is 0 Å². The fourth-order valence-electron chi connectivity index (χ4n) is 5.02. The summed E-state index contributed by atoms with van der Waals surface area (Å²) in [5.74, 6) is 0. The minimum Gasteiger partial charge on any atom is -0.346 e. The first kappa shape index (κ1) is 27.1. The van der Waals surface area contributed by atoms with Gasteiger partial charge in [0.25, 0.3) is 0 Å². The number of carbonyl (C=O) groups excluding carboxylic acids is 1. The van der Waals surface area contributed by atoms with Gasteiger partial charge in [-0.25, -0.2) is 18.2 Å². The standard InChI is InChI=1S/C31H31N5O3S/c1-3-4-17-34-30(37)36-25-10-5-8-23(19-25)31(24-9-6-16-32-20-24,28-21-35-29-27(28)11-7-18-33-29)40(38,39)26-14-12-22(2)13-15-26/h5-16,18-21H,3-4,17H2,1-2H3,(H,33,35)(H2,34,36,37). The molecule has 0 radical (unpaired) electrons. The Morgan fingerprint density at radius 3 is 2.50 bits per heavy atom. The number of unbranched alkanes of at least 4 members (excludes halogenated alkanes) is 1. The maximum atomic E-state index is 15.1. The van der Waals surface area contributed by atoms with Crippen LogP contribution in [-0.2, 0) is 14.6 Å². The molecule has 0 aliphatic heterocycles. The van der Waals surface area contributed by atoms with Crippen molar-refractivity contribution in [1.29, 1.82) is 0 Å². The summed E-state index contributed by atoms with van der Waals surface area (Å²) in [7, 11) is -4.18. The number of aryl methyl sites for hydroxylation is 1. The molecule has 2 amide bonds. The number of sulfone groups is 1. The molecule has 3 heterocycles. The van der Waals surface area contributed by atoms with Crippen molar-refractivity contribution in [2.45, 2.75) is 36.3 Å². The Morgan fingerprint density at radius 2 is 1.75 bits per heavy atom. The third-order valence-electron chi connectivity index (χ3n) is 6.98. The van der Waals surface area contributed by atoms with Crippen LogP contribution in [-0.4, -0.2) is 35.9 Å². The lowest BCUT2D eigenvalue weighted by Gasteiger charge is -2.35. The highest BCUT2D eigenvalue weighted by atomic mass is 32.2. The number of nitrogens with one attached hydrogen (secondary N) is 3. The maximum absolute atomic E-state index is 15.1. The molecule has 0 bridgehead atoms. The summed E-state index contributed by atoms with van der Waals surface area (Å²) in [6.07, 6.45) is 8.37. The first-order valence-electron chi connectivity index (χ1n) is 13.2. The number of pyridine rings is 2. The third kappa shape index (κ3) is 4.84. The Labute approximate surface area is 233 Å². The molecule has 2 aromatic carbocycles. The summed E-state index contributed by atoms with van der Waals surface area (Å²) in [5.41, 5.74) is 3.41. The average Bonchev–Trinajstić information content (AvgIpc) is 3.39. The molecule has 0 spiro atoms. The number of H-pyrrole nitrogens is 1. The van der Waals surface area contributed by atoms with E-state index in [9.17, 15) is 4.79 Å². The van der Waals surface area contributed by atoms with E-state index in [1.165, 1.54) is 0 Å². The van der Waals surface area contributed by atoms with E-state index in [1.807, 2.05) is 13.0 Å². The lowest BCUT2D eigenvalue weighted by Crippen LogP contribution is -2.39. The zero-order valence-corrected chi connectivity index (χ0v) is 23.2. The molecule has 0 saturated carbocycles. The number of hydrogen-bond acceptors (Lipinski definition) is 5. The number of benzene rings is 2. The Hall–Kier alpha value is -4.50. The summed E-state index contributed by atoms with van der Waals surface area (Å²) < 4.78 is 28.4. The van der Waals surface area contributed by atoms with Crippen molar-refractivity contribution in [3.8, 4) is 0 Å². The number of rotatable bonds is 9. The molecular weight excluding hydrogens is 522 g/mol. The van der Waals surface area contributed by atoms with Gasteiger partial charge in [-0.05, 0) is 61.4 Å². The summed E-state index contributed by atoms with van der Waals surface area (Å²) in [6.45, 7) is 4.51. The number of amides is 2. The van der Waals surface area contributed by atoms with Crippen molar-refractivity contribution in [1.82, 2.24) is 20.3 Å². The molecule has 3 N–H and O–H groups in total. The van der Waals surface area contributed by atoms with Crippen LogP contribution in [0.3, 0.4) is 0 Å². The van der Waals surface area contributed by atoms with E-state index in [2.05, 4.69) is 32.5 Å². The molecule has 9 heteroatoms. The normalized spacial score (nSPS) is 13.1. The maximum Gasteiger partial charge on any atom is 0.319 e. The summed E-state index contributed by atoms with van der Waals surface area (Å²) in [4.78, 5) is 24.7. The fourth-order valence-corrected chi connectivity index (χ4v) is 7.19. The monoisotopic (exact) mass is 553 g/mol. The van der Waals surface area contributed by atoms with Crippen molar-refractivity contribution in [2.75, 3.05) is 11.9 Å². The number of hydrogen-bond donors (Lipinski definition) is 3. The SMILES string of the molecule is CCCCNC(=O)Nc1cccc(C(c2cccnc2)(c2c[nH]c3ncccc23)S(=O)(=O)c2ccc(C)cc2)c1. The second-order valence-corrected chi connectivity index (χ2v) is 11.7. The van der Waals surface area contributed by atoms with Crippen LogP contribution in [0.1, 0.15) is 42.0 Å². The zero-order valence-electron chi connectivity index (χ0n) is 22.4. The highest BCUT2D eigenvalue weighted by molar-refractivity contribution is 7.92. The molecule has 0 aliphatic rings. The van der Waals surface area contributed by atoms with Crippen LogP contribution in [0.4, 0.5) is 10.5 Å². The first-order chi connectivity index (χ1) is 19.4. The topological polar surface area (TPSA) is 117 Å². The average molecular weight is 554 g/mol. The predicted molar refractivity (Wildman–Crippen MR) is 157 cm³/mol. The number of anilines is 1. The van der Waals surface area contributed by atoms with Crippen LogP contribution in [0.25, 0.3) is 11.0 Å². The van der Waals surface area contributed by atoms with Crippen LogP contribution in [0.15, 0.2) is 102 Å². The number of urea groups is 1. The fraction of sp³-hybridized carbons (Fsp3) is 0.194. The second kappa shape index (κ2) is 11.3. The van der Waals surface area contributed by atoms with E-state index in [4.69, 9.17) is 0 Å². The highest BCUT2D eigenvalue weighted by Gasteiger charge is 2.51. The Kier molecular flexibility index (Phi) is 7.66. The number of aromatic amines is 1. The van der Waals surface area contributed by atoms with Gasteiger partial charge in [0.15, 0.2) is 14.6 Å². The Balaban J connectivity index is 1.80. The molecule has 1 unspecified atom stereocenters. The van der Waals surface area contributed by atoms with E-state index in [-0.39, 0.29) is 10.9 Å². The van der Waals surface area contributed by atoms with Crippen LogP contribution in [0, 0.1) is 6.92 Å². The van der Waals surface area contributed by atoms with Gasteiger partial charge in [0.05, 0.1) is 4.90 Å². The molecule has 8 nitrogen and oxygen atoms in total. The minimum atomic E-state index is -4.18. The molecule has 204 valence electrons. The van der Waals surface area contributed by atoms with Gasteiger partial charge in [0, 0.05) is 53.5 Å². The molecule has 0 saturated heterocycles. The van der Waals surface area contributed by atoms with E-state index >= 15 is 8.42 Å². The molecule has 5 aromatic rings. The van der Waals surface area contributed by atoms with Crippen LogP contribution in [0.2, 0.25) is 0 Å². The van der Waals surface area contributed by atoms with E-state index in [0.717, 1.165) is 18.4 Å². The van der Waals surface area contributed by atoms with Gasteiger partial charge in [-0.1, -0.05) is 49.2 Å². The lowest BCUT2D eigenvalue weighted by atomic mass is 9.84. The van der Waals surface area contributed by atoms with E-state index in [1.54, 1.807) is 91.5 Å². The molecule has 1 atom stereocenters. The van der Waals surface area contributed by atoms with Crippen molar-refractivity contribution in [3.05, 3.63) is 120 Å². The van der Waals surface area contributed by atoms with Gasteiger partial charge < -0.3 is 15.6 Å². The predicted octanol–water partition coefficient (Wildman–Crippen LogP) is 5.95. The molecule has 0 fully saturated rings. The number of nitrogens with zero attached hydrogens (tertiary/aromatic N) is 2. The summed E-state index contributed by atoms with van der Waals surface area (Å²) >= 11 is 0. The number of fused-ring (bicyclic) bond motifs is 1. The number of carbonyl (C=O) groups is 1. The van der Waals surface area contributed by atoms with Gasteiger partial charge in [0.1, 0.15) is 5.65 Å². The second-order valence-electron chi connectivity index (χ2n) is 9.66. The van der Waals surface area contributed by atoms with Gasteiger partial charge >= 0.3 is 6.03 Å². The van der Waals surface area contributed by atoms with Gasteiger partial charge in [0.2, 0.25) is 0 Å². The van der Waals surface area contributed by atoms with Crippen molar-refractivity contribution < 1.29 is 13.2 Å². The van der Waals surface area contributed by atoms with E-state index < -0.39 is 14.6 Å². The van der Waals surface area contributed by atoms with Gasteiger partial charge in [-0.2, -0.15) is 0 Å². The zero-order chi connectivity index (χ0) is 28.2. The molecule has 5 rings (SSSR count). The molecule has 40 heavy (non-hydrogen) atoms. The number of aromatic nitrogens is 3. The van der Waals surface area contributed by atoms with E-state index in [0.29, 0.717) is 40.0 Å². The Morgan fingerprint density at radius 1 is 0.975 bits per heavy atom. The third-order valence-corrected chi connectivity index (χ3v) is 9.37. The molecular formula is C31H31N5O3S. The van der Waals surface area contributed by atoms with Crippen LogP contribution >= 0.6 is 0 Å². The largest absolute Gasteiger partial charge is 0.346 e. The minimum absolute atomic E-state index is 0.163. The highest BCUT2D eigenvalue weighted by Crippen LogP contribution is 2.49. The molecule has 3 aromatic heterocycles. The van der Waals surface area contributed by atoms with Crippen molar-refractivity contribution in [3.63, 3.8) is 0 Å². The summed E-state index contributed by atoms with van der Waals surface area (Å²) in [6, 6.07) is 20.6. The quantitative estimate of drug-likeness (QED) is 0.195. The van der Waals surface area contributed by atoms with Gasteiger partial charge in [-0.15, -0.1) is 0 Å². The Bertz CT molecular complexity index is 1730. The van der Waals surface area contributed by atoms with Crippen molar-refractivity contribution >= 4 is 32.6 Å². The first-order valence-corrected chi connectivity index (χ1v) is 14.7. The van der Waals surface area contributed by atoms with Gasteiger partial charge in [-0.3, -0.25) is 4.98 Å². The molecule has 0 aliphatic carbocycles.